The number of nitrogens with two attached hydrogens (primary N) is 1. The Kier molecular flexibility index (Phi) is 7.67. The number of para-hydroxylation sites is 3. The number of aliphatic hydroxyl groups is 1. The quantitative estimate of drug-likeness (QED) is 0.317. The number of fused-ring (bicyclic) bond motifs is 1. The van der Waals surface area contributed by atoms with Crippen LogP contribution in [0.1, 0.15) is 17.0 Å². The molecule has 0 saturated heterocycles. The minimum absolute atomic E-state index is 0.0116. The fourth-order valence-electron chi connectivity index (χ4n) is 4.26. The highest BCUT2D eigenvalue weighted by atomic mass is 19.1. The second-order valence-corrected chi connectivity index (χ2v) is 8.08. The third-order valence-electron chi connectivity index (χ3n) is 5.91. The number of halogens is 1. The Bertz CT molecular complexity index is 1230. The molecule has 0 unspecified atom stereocenters. The van der Waals surface area contributed by atoms with Gasteiger partial charge in [-0.25, -0.2) is 4.39 Å². The first kappa shape index (κ1) is 23.6. The van der Waals surface area contributed by atoms with Crippen molar-refractivity contribution < 1.29 is 29.0 Å². The Hall–Kier alpha value is -3.55. The van der Waals surface area contributed by atoms with Crippen LogP contribution in [0.25, 0.3) is 10.9 Å². The molecule has 7 heteroatoms. The van der Waals surface area contributed by atoms with Gasteiger partial charge in [0.05, 0.1) is 26.7 Å². The van der Waals surface area contributed by atoms with Crippen LogP contribution in [0.2, 0.25) is 0 Å². The fourth-order valence-corrected chi connectivity index (χ4v) is 4.26. The number of aliphatic hydroxyl groups excluding tert-OH is 1. The lowest BCUT2D eigenvalue weighted by molar-refractivity contribution is -0.662. The Morgan fingerprint density at radius 2 is 1.65 bits per heavy atom. The monoisotopic (exact) mass is 465 g/mol. The molecule has 2 atom stereocenters. The highest BCUT2D eigenvalue weighted by Crippen LogP contribution is 2.39. The van der Waals surface area contributed by atoms with Gasteiger partial charge in [0.1, 0.15) is 19.3 Å². The number of ether oxygens (including phenoxy) is 3. The summed E-state index contributed by atoms with van der Waals surface area (Å²) >= 11 is 0. The number of aromatic nitrogens is 1. The van der Waals surface area contributed by atoms with E-state index < -0.39 is 11.9 Å². The third kappa shape index (κ3) is 5.16. The maximum Gasteiger partial charge on any atom is 0.165 e. The summed E-state index contributed by atoms with van der Waals surface area (Å²) in [5.41, 5.74) is 3.19. The number of benzene rings is 3. The number of quaternary nitrogens is 1. The van der Waals surface area contributed by atoms with Crippen molar-refractivity contribution in [2.45, 2.75) is 12.0 Å². The molecule has 4 rings (SSSR count). The standard InChI is InChI=1S/C27H29FN2O4/c1-32-26-13-7-9-20(27(26)33-2)21(22-16-30-24-11-5-3-8-19(22)24)15-29-14-18(31)17-34-25-12-6-4-10-23(25)28/h3-13,16,18,21,29-31H,14-15,17H2,1-2H3/p+1/t18-,21-/m1/s1. The topological polar surface area (TPSA) is 80.3 Å². The first-order valence-corrected chi connectivity index (χ1v) is 11.3. The normalized spacial score (nSPS) is 12.9. The maximum absolute atomic E-state index is 13.8. The van der Waals surface area contributed by atoms with Crippen molar-refractivity contribution in [1.29, 1.82) is 0 Å². The predicted octanol–water partition coefficient (Wildman–Crippen LogP) is 3.46. The molecule has 0 amide bonds. The zero-order chi connectivity index (χ0) is 23.9. The first-order chi connectivity index (χ1) is 16.6. The Labute approximate surface area is 198 Å². The van der Waals surface area contributed by atoms with E-state index in [1.165, 1.54) is 6.07 Å². The van der Waals surface area contributed by atoms with Crippen LogP contribution < -0.4 is 19.5 Å². The molecule has 0 aliphatic carbocycles. The SMILES string of the molecule is COc1cccc([C@@H](C[NH2+]C[C@@H](O)COc2ccccc2F)c2c[nH]c3ccccc23)c1OC. The van der Waals surface area contributed by atoms with Gasteiger partial charge in [0.2, 0.25) is 0 Å². The van der Waals surface area contributed by atoms with Gasteiger partial charge in [0.15, 0.2) is 23.1 Å². The average Bonchev–Trinajstić information content (AvgIpc) is 3.29. The van der Waals surface area contributed by atoms with Crippen molar-refractivity contribution in [3.05, 3.63) is 89.9 Å². The zero-order valence-electron chi connectivity index (χ0n) is 19.3. The van der Waals surface area contributed by atoms with Crippen LogP contribution in [0, 0.1) is 5.82 Å². The molecule has 6 nitrogen and oxygen atoms in total. The van der Waals surface area contributed by atoms with E-state index >= 15 is 0 Å². The van der Waals surface area contributed by atoms with Crippen molar-refractivity contribution in [3.63, 3.8) is 0 Å². The molecule has 3 aromatic carbocycles. The minimum Gasteiger partial charge on any atom is -0.493 e. The van der Waals surface area contributed by atoms with Crippen LogP contribution in [0.4, 0.5) is 4.39 Å². The highest BCUT2D eigenvalue weighted by molar-refractivity contribution is 5.84. The molecule has 0 aliphatic heterocycles. The molecule has 178 valence electrons. The summed E-state index contributed by atoms with van der Waals surface area (Å²) in [7, 11) is 3.27. The van der Waals surface area contributed by atoms with Gasteiger partial charge >= 0.3 is 0 Å². The van der Waals surface area contributed by atoms with Gasteiger partial charge in [0, 0.05) is 22.7 Å². The number of H-pyrrole nitrogens is 1. The van der Waals surface area contributed by atoms with E-state index in [4.69, 9.17) is 14.2 Å². The summed E-state index contributed by atoms with van der Waals surface area (Å²) in [6, 6.07) is 20.2. The Balaban J connectivity index is 1.52. The zero-order valence-corrected chi connectivity index (χ0v) is 19.3. The van der Waals surface area contributed by atoms with Crippen molar-refractivity contribution in [3.8, 4) is 17.2 Å². The maximum atomic E-state index is 13.8. The van der Waals surface area contributed by atoms with Gasteiger partial charge in [-0.15, -0.1) is 0 Å². The van der Waals surface area contributed by atoms with Crippen LogP contribution in [0.5, 0.6) is 17.2 Å². The summed E-state index contributed by atoms with van der Waals surface area (Å²) in [5.74, 6) is 1.03. The van der Waals surface area contributed by atoms with Gasteiger partial charge in [-0.2, -0.15) is 0 Å². The molecule has 0 radical (unpaired) electrons. The summed E-state index contributed by atoms with van der Waals surface area (Å²) in [6.45, 7) is 1.07. The van der Waals surface area contributed by atoms with Gasteiger partial charge in [-0.1, -0.05) is 42.5 Å². The lowest BCUT2D eigenvalue weighted by atomic mass is 9.89. The molecule has 0 spiro atoms. The molecular weight excluding hydrogens is 435 g/mol. The molecule has 0 bridgehead atoms. The molecule has 1 heterocycles. The molecular formula is C27H30FN2O4+. The van der Waals surface area contributed by atoms with E-state index in [9.17, 15) is 9.50 Å². The largest absolute Gasteiger partial charge is 0.493 e. The van der Waals surface area contributed by atoms with Crippen molar-refractivity contribution in [2.75, 3.05) is 33.9 Å². The van der Waals surface area contributed by atoms with E-state index in [1.54, 1.807) is 32.4 Å². The first-order valence-electron chi connectivity index (χ1n) is 11.3. The van der Waals surface area contributed by atoms with E-state index in [0.717, 1.165) is 22.0 Å². The van der Waals surface area contributed by atoms with Crippen LogP contribution in [0.15, 0.2) is 72.9 Å². The van der Waals surface area contributed by atoms with Crippen LogP contribution >= 0.6 is 0 Å². The third-order valence-corrected chi connectivity index (χ3v) is 5.91. The van der Waals surface area contributed by atoms with Crippen LogP contribution in [0.3, 0.4) is 0 Å². The van der Waals surface area contributed by atoms with E-state index in [-0.39, 0.29) is 18.3 Å². The minimum atomic E-state index is -0.754. The number of nitrogens with one attached hydrogen (secondary N) is 1. The van der Waals surface area contributed by atoms with Gasteiger partial charge in [-0.05, 0) is 29.8 Å². The van der Waals surface area contributed by atoms with Crippen molar-refractivity contribution in [2.24, 2.45) is 0 Å². The average molecular weight is 466 g/mol. The van der Waals surface area contributed by atoms with Crippen LogP contribution in [-0.4, -0.2) is 50.1 Å². The predicted molar refractivity (Wildman–Crippen MR) is 129 cm³/mol. The van der Waals surface area contributed by atoms with E-state index in [2.05, 4.69) is 11.1 Å². The smallest absolute Gasteiger partial charge is 0.165 e. The van der Waals surface area contributed by atoms with Crippen LogP contribution in [-0.2, 0) is 0 Å². The Morgan fingerprint density at radius 3 is 2.44 bits per heavy atom. The Morgan fingerprint density at radius 1 is 0.882 bits per heavy atom. The van der Waals surface area contributed by atoms with Crippen molar-refractivity contribution >= 4 is 10.9 Å². The lowest BCUT2D eigenvalue weighted by Crippen LogP contribution is -2.87. The van der Waals surface area contributed by atoms with Gasteiger partial charge in [0.25, 0.3) is 0 Å². The summed E-state index contributed by atoms with van der Waals surface area (Å²) in [5, 5.41) is 13.6. The van der Waals surface area contributed by atoms with Crippen molar-refractivity contribution in [1.82, 2.24) is 4.98 Å². The molecule has 0 aliphatic rings. The second kappa shape index (κ2) is 11.0. The number of hydrogen-bond donors (Lipinski definition) is 3. The summed E-state index contributed by atoms with van der Waals surface area (Å²) in [6.07, 6.45) is 1.27. The van der Waals surface area contributed by atoms with Gasteiger partial charge < -0.3 is 29.6 Å². The molecule has 4 aromatic rings. The number of methoxy groups -OCH3 is 2. The summed E-state index contributed by atoms with van der Waals surface area (Å²) in [4.78, 5) is 3.36. The second-order valence-electron chi connectivity index (χ2n) is 8.08. The molecule has 0 saturated carbocycles. The number of rotatable bonds is 11. The number of hydrogen-bond acceptors (Lipinski definition) is 4. The lowest BCUT2D eigenvalue weighted by Gasteiger charge is -2.21. The number of aromatic amines is 1. The fraction of sp³-hybridized carbons (Fsp3) is 0.259. The van der Waals surface area contributed by atoms with E-state index in [1.807, 2.05) is 47.9 Å². The highest BCUT2D eigenvalue weighted by Gasteiger charge is 2.25. The van der Waals surface area contributed by atoms with Gasteiger partial charge in [-0.3, -0.25) is 0 Å². The molecule has 4 N–H and O–H groups in total. The molecule has 0 fully saturated rings. The van der Waals surface area contributed by atoms with E-state index in [0.29, 0.717) is 24.6 Å². The molecule has 34 heavy (non-hydrogen) atoms. The molecule has 1 aromatic heterocycles. The summed E-state index contributed by atoms with van der Waals surface area (Å²) < 4.78 is 30.5.